The lowest BCUT2D eigenvalue weighted by Crippen LogP contribution is -2.25. The molecule has 26 heavy (non-hydrogen) atoms. The van der Waals surface area contributed by atoms with E-state index in [-0.39, 0.29) is 17.1 Å². The van der Waals surface area contributed by atoms with Crippen molar-refractivity contribution in [1.29, 1.82) is 0 Å². The largest absolute Gasteiger partial charge is 0.322 e. The summed E-state index contributed by atoms with van der Waals surface area (Å²) >= 11 is 0. The van der Waals surface area contributed by atoms with Crippen LogP contribution >= 0.6 is 0 Å². The van der Waals surface area contributed by atoms with E-state index in [1.54, 1.807) is 24.3 Å². The molecule has 1 saturated heterocycles. The number of hydrogen-bond acceptors (Lipinski definition) is 3. The molecule has 0 aliphatic carbocycles. The van der Waals surface area contributed by atoms with Crippen LogP contribution in [0.2, 0.25) is 0 Å². The van der Waals surface area contributed by atoms with Gasteiger partial charge in [-0.1, -0.05) is 45.0 Å². The van der Waals surface area contributed by atoms with E-state index in [9.17, 15) is 13.2 Å². The number of carbonyl (C=O) groups excluding carboxylic acids is 1. The second kappa shape index (κ2) is 6.76. The highest BCUT2D eigenvalue weighted by Gasteiger charge is 2.28. The van der Waals surface area contributed by atoms with Crippen molar-refractivity contribution >= 4 is 27.3 Å². The Morgan fingerprint density at radius 1 is 1.08 bits per heavy atom. The SMILES string of the molecule is CC(C)(C)c1ccccc1NC(=O)c1cccc(N2CCCS2(=O)=O)c1. The number of hydrogen-bond donors (Lipinski definition) is 1. The molecule has 1 fully saturated rings. The van der Waals surface area contributed by atoms with Gasteiger partial charge >= 0.3 is 0 Å². The Balaban J connectivity index is 1.87. The number of nitrogens with zero attached hydrogens (tertiary/aromatic N) is 1. The summed E-state index contributed by atoms with van der Waals surface area (Å²) in [5, 5.41) is 2.96. The number of nitrogens with one attached hydrogen (secondary N) is 1. The van der Waals surface area contributed by atoms with Gasteiger partial charge in [-0.3, -0.25) is 9.10 Å². The van der Waals surface area contributed by atoms with Crippen LogP contribution in [-0.4, -0.2) is 26.6 Å². The zero-order valence-corrected chi connectivity index (χ0v) is 16.1. The Morgan fingerprint density at radius 2 is 1.81 bits per heavy atom. The van der Waals surface area contributed by atoms with Gasteiger partial charge in [-0.05, 0) is 41.7 Å². The molecule has 0 saturated carbocycles. The maximum absolute atomic E-state index is 12.7. The molecule has 1 heterocycles. The van der Waals surface area contributed by atoms with Crippen LogP contribution in [-0.2, 0) is 15.4 Å². The van der Waals surface area contributed by atoms with Gasteiger partial charge in [-0.25, -0.2) is 8.42 Å². The topological polar surface area (TPSA) is 66.5 Å². The van der Waals surface area contributed by atoms with Crippen molar-refractivity contribution in [2.45, 2.75) is 32.6 Å². The predicted molar refractivity (Wildman–Crippen MR) is 105 cm³/mol. The number of para-hydroxylation sites is 1. The zero-order valence-electron chi connectivity index (χ0n) is 15.3. The molecule has 138 valence electrons. The van der Waals surface area contributed by atoms with E-state index in [1.165, 1.54) is 4.31 Å². The molecule has 0 spiro atoms. The highest BCUT2D eigenvalue weighted by atomic mass is 32.2. The van der Waals surface area contributed by atoms with Crippen LogP contribution in [0.4, 0.5) is 11.4 Å². The third kappa shape index (κ3) is 3.75. The number of benzene rings is 2. The van der Waals surface area contributed by atoms with Crippen molar-refractivity contribution in [2.75, 3.05) is 21.9 Å². The summed E-state index contributed by atoms with van der Waals surface area (Å²) in [6.07, 6.45) is 0.609. The second-order valence-electron chi connectivity index (χ2n) is 7.54. The average Bonchev–Trinajstić information content (AvgIpc) is 2.94. The highest BCUT2D eigenvalue weighted by molar-refractivity contribution is 7.93. The summed E-state index contributed by atoms with van der Waals surface area (Å²) in [6, 6.07) is 14.5. The first-order valence-corrected chi connectivity index (χ1v) is 10.3. The maximum atomic E-state index is 12.7. The third-order valence-electron chi connectivity index (χ3n) is 4.48. The molecule has 2 aromatic rings. The number of rotatable bonds is 3. The number of anilines is 2. The Kier molecular flexibility index (Phi) is 4.80. The molecule has 2 aromatic carbocycles. The van der Waals surface area contributed by atoms with Gasteiger partial charge in [0.15, 0.2) is 0 Å². The molecule has 3 rings (SSSR count). The fraction of sp³-hybridized carbons (Fsp3) is 0.350. The van der Waals surface area contributed by atoms with Crippen LogP contribution in [0.3, 0.4) is 0 Å². The van der Waals surface area contributed by atoms with Crippen LogP contribution in [0.15, 0.2) is 48.5 Å². The molecule has 1 amide bonds. The Hall–Kier alpha value is -2.34. The van der Waals surface area contributed by atoms with Gasteiger partial charge in [0.05, 0.1) is 11.4 Å². The fourth-order valence-electron chi connectivity index (χ4n) is 3.17. The Morgan fingerprint density at radius 3 is 2.46 bits per heavy atom. The first-order valence-electron chi connectivity index (χ1n) is 8.70. The maximum Gasteiger partial charge on any atom is 0.255 e. The van der Waals surface area contributed by atoms with E-state index in [0.717, 1.165) is 11.3 Å². The zero-order chi connectivity index (χ0) is 18.9. The van der Waals surface area contributed by atoms with Gasteiger partial charge in [0.2, 0.25) is 10.0 Å². The fourth-order valence-corrected chi connectivity index (χ4v) is 4.73. The van der Waals surface area contributed by atoms with Crippen LogP contribution in [0.1, 0.15) is 43.1 Å². The van der Waals surface area contributed by atoms with E-state index >= 15 is 0 Å². The molecule has 0 radical (unpaired) electrons. The lowest BCUT2D eigenvalue weighted by molar-refractivity contribution is 0.102. The average molecular weight is 372 g/mol. The molecule has 0 bridgehead atoms. The van der Waals surface area contributed by atoms with Crippen molar-refractivity contribution in [1.82, 2.24) is 0 Å². The van der Waals surface area contributed by atoms with Gasteiger partial charge in [0.25, 0.3) is 5.91 Å². The Bertz CT molecular complexity index is 930. The van der Waals surface area contributed by atoms with Gasteiger partial charge in [0, 0.05) is 17.8 Å². The lowest BCUT2D eigenvalue weighted by Gasteiger charge is -2.23. The summed E-state index contributed by atoms with van der Waals surface area (Å²) in [7, 11) is -3.27. The van der Waals surface area contributed by atoms with Gasteiger partial charge in [-0.2, -0.15) is 0 Å². The van der Waals surface area contributed by atoms with Crippen molar-refractivity contribution in [3.8, 4) is 0 Å². The summed E-state index contributed by atoms with van der Waals surface area (Å²) in [5.74, 6) is -0.0947. The molecular weight excluding hydrogens is 348 g/mol. The van der Waals surface area contributed by atoms with Crippen LogP contribution in [0.5, 0.6) is 0 Å². The van der Waals surface area contributed by atoms with Gasteiger partial charge in [-0.15, -0.1) is 0 Å². The van der Waals surface area contributed by atoms with Gasteiger partial charge in [0.1, 0.15) is 0 Å². The second-order valence-corrected chi connectivity index (χ2v) is 9.55. The minimum absolute atomic E-state index is 0.102. The van der Waals surface area contributed by atoms with Gasteiger partial charge < -0.3 is 5.32 Å². The summed E-state index contributed by atoms with van der Waals surface area (Å²) < 4.78 is 25.6. The van der Waals surface area contributed by atoms with E-state index in [1.807, 2.05) is 24.3 Å². The summed E-state index contributed by atoms with van der Waals surface area (Å²) in [6.45, 7) is 6.74. The predicted octanol–water partition coefficient (Wildman–Crippen LogP) is 3.78. The molecule has 1 aliphatic heterocycles. The molecule has 1 aliphatic rings. The number of carbonyl (C=O) groups is 1. The molecule has 6 heteroatoms. The van der Waals surface area contributed by atoms with Crippen molar-refractivity contribution in [3.05, 3.63) is 59.7 Å². The van der Waals surface area contributed by atoms with E-state index in [0.29, 0.717) is 24.2 Å². The molecule has 0 unspecified atom stereocenters. The number of amides is 1. The van der Waals surface area contributed by atoms with Crippen molar-refractivity contribution in [3.63, 3.8) is 0 Å². The minimum atomic E-state index is -3.27. The number of sulfonamides is 1. The van der Waals surface area contributed by atoms with E-state index < -0.39 is 10.0 Å². The molecule has 1 N–H and O–H groups in total. The lowest BCUT2D eigenvalue weighted by atomic mass is 9.86. The third-order valence-corrected chi connectivity index (χ3v) is 6.35. The molecular formula is C20H24N2O3S. The first kappa shape index (κ1) is 18.5. The van der Waals surface area contributed by atoms with E-state index in [4.69, 9.17) is 0 Å². The van der Waals surface area contributed by atoms with Crippen LogP contribution in [0, 0.1) is 0 Å². The Labute approximate surface area is 155 Å². The minimum Gasteiger partial charge on any atom is -0.322 e. The highest BCUT2D eigenvalue weighted by Crippen LogP contribution is 2.30. The summed E-state index contributed by atoms with van der Waals surface area (Å²) in [4.78, 5) is 12.7. The first-order chi connectivity index (χ1) is 12.2. The normalized spacial score (nSPS) is 16.5. The summed E-state index contributed by atoms with van der Waals surface area (Å²) in [5.41, 5.74) is 2.69. The molecule has 0 atom stereocenters. The van der Waals surface area contributed by atoms with Crippen molar-refractivity contribution in [2.24, 2.45) is 0 Å². The molecule has 5 nitrogen and oxygen atoms in total. The standard InChI is InChI=1S/C20H24N2O3S/c1-20(2,3)17-10-4-5-11-18(17)21-19(23)15-8-6-9-16(14-15)22-12-7-13-26(22,24)25/h4-6,8-11,14H,7,12-13H2,1-3H3,(H,21,23). The van der Waals surface area contributed by atoms with Crippen LogP contribution < -0.4 is 9.62 Å². The molecule has 0 aromatic heterocycles. The smallest absolute Gasteiger partial charge is 0.255 e. The van der Waals surface area contributed by atoms with Crippen LogP contribution in [0.25, 0.3) is 0 Å². The van der Waals surface area contributed by atoms with E-state index in [2.05, 4.69) is 26.1 Å². The monoisotopic (exact) mass is 372 g/mol. The van der Waals surface area contributed by atoms with Crippen molar-refractivity contribution < 1.29 is 13.2 Å². The quantitative estimate of drug-likeness (QED) is 0.892.